The van der Waals surface area contributed by atoms with Gasteiger partial charge < -0.3 is 0 Å². The average molecular weight is 202 g/mol. The van der Waals surface area contributed by atoms with Crippen LogP contribution in [0.2, 0.25) is 0 Å². The molecular weight excluding hydrogens is 188 g/mol. The van der Waals surface area contributed by atoms with E-state index in [4.69, 9.17) is 0 Å². The van der Waals surface area contributed by atoms with Crippen molar-refractivity contribution < 1.29 is 9.59 Å². The van der Waals surface area contributed by atoms with Crippen molar-refractivity contribution in [2.75, 3.05) is 0 Å². The van der Waals surface area contributed by atoms with Gasteiger partial charge in [0, 0.05) is 17.8 Å². The van der Waals surface area contributed by atoms with Crippen LogP contribution < -0.4 is 0 Å². The van der Waals surface area contributed by atoms with E-state index in [1.807, 2.05) is 6.08 Å². The van der Waals surface area contributed by atoms with Gasteiger partial charge in [-0.2, -0.15) is 0 Å². The van der Waals surface area contributed by atoms with Crippen LogP contribution in [0.5, 0.6) is 0 Å². The molecule has 0 saturated heterocycles. The van der Waals surface area contributed by atoms with E-state index in [9.17, 15) is 9.59 Å². The van der Waals surface area contributed by atoms with E-state index in [0.29, 0.717) is 12.2 Å². The van der Waals surface area contributed by atoms with Crippen molar-refractivity contribution in [2.45, 2.75) is 25.7 Å². The molecule has 0 amide bonds. The zero-order valence-corrected chi connectivity index (χ0v) is 8.66. The van der Waals surface area contributed by atoms with Crippen LogP contribution in [0.25, 0.3) is 0 Å². The molecule has 2 nitrogen and oxygen atoms in total. The minimum Gasteiger partial charge on any atom is -0.299 e. The van der Waals surface area contributed by atoms with Crippen molar-refractivity contribution >= 4 is 11.6 Å². The summed E-state index contributed by atoms with van der Waals surface area (Å²) in [5, 5.41) is 0. The summed E-state index contributed by atoms with van der Waals surface area (Å²) >= 11 is 0. The van der Waals surface area contributed by atoms with Crippen LogP contribution in [0, 0.1) is 17.3 Å². The maximum atomic E-state index is 12.0. The lowest BCUT2D eigenvalue weighted by Gasteiger charge is -2.39. The summed E-state index contributed by atoms with van der Waals surface area (Å²) in [6.07, 6.45) is 6.59. The number of ketones is 2. The van der Waals surface area contributed by atoms with Gasteiger partial charge in [0.15, 0.2) is 5.78 Å². The number of carbonyl (C=O) groups is 2. The molecule has 0 aliphatic heterocycles. The molecule has 0 heterocycles. The maximum Gasteiger partial charge on any atom is 0.162 e. The van der Waals surface area contributed by atoms with Gasteiger partial charge in [-0.1, -0.05) is 18.2 Å². The van der Waals surface area contributed by atoms with Gasteiger partial charge in [-0.15, -0.1) is 0 Å². The van der Waals surface area contributed by atoms with Crippen molar-refractivity contribution in [1.82, 2.24) is 0 Å². The number of hydrogen-bond acceptors (Lipinski definition) is 2. The highest BCUT2D eigenvalue weighted by Crippen LogP contribution is 2.58. The van der Waals surface area contributed by atoms with Crippen molar-refractivity contribution in [3.8, 4) is 0 Å². The minimum atomic E-state index is -0.246. The van der Waals surface area contributed by atoms with E-state index in [1.54, 1.807) is 6.08 Å². The summed E-state index contributed by atoms with van der Waals surface area (Å²) in [6, 6.07) is 0. The fraction of sp³-hybridized carbons (Fsp3) is 0.538. The van der Waals surface area contributed by atoms with Crippen LogP contribution in [0.3, 0.4) is 0 Å². The summed E-state index contributed by atoms with van der Waals surface area (Å²) in [4.78, 5) is 23.8. The highest BCUT2D eigenvalue weighted by atomic mass is 16.1. The molecule has 3 rings (SSSR count). The van der Waals surface area contributed by atoms with Gasteiger partial charge >= 0.3 is 0 Å². The second-order valence-electron chi connectivity index (χ2n) is 5.12. The van der Waals surface area contributed by atoms with Gasteiger partial charge in [-0.3, -0.25) is 9.59 Å². The highest BCUT2D eigenvalue weighted by Gasteiger charge is 2.57. The highest BCUT2D eigenvalue weighted by molar-refractivity contribution is 6.00. The fourth-order valence-electron chi connectivity index (χ4n) is 3.55. The molecule has 2 saturated carbocycles. The van der Waals surface area contributed by atoms with Crippen LogP contribution in [-0.4, -0.2) is 11.6 Å². The second kappa shape index (κ2) is 2.69. The number of Topliss-reactive ketones (excluding diaryl/α,β-unsaturated/α-hetero) is 1. The van der Waals surface area contributed by atoms with Crippen LogP contribution >= 0.6 is 0 Å². The first kappa shape index (κ1) is 9.08. The van der Waals surface area contributed by atoms with Crippen molar-refractivity contribution in [3.63, 3.8) is 0 Å². The molecule has 3 atom stereocenters. The first-order valence-electron chi connectivity index (χ1n) is 5.55. The summed E-state index contributed by atoms with van der Waals surface area (Å²) in [7, 11) is 0. The molecule has 0 aromatic heterocycles. The van der Waals surface area contributed by atoms with E-state index in [0.717, 1.165) is 24.8 Å². The van der Waals surface area contributed by atoms with E-state index in [1.165, 1.54) is 0 Å². The van der Waals surface area contributed by atoms with Crippen LogP contribution in [0.15, 0.2) is 24.3 Å². The average Bonchev–Trinajstić information content (AvgIpc) is 2.49. The molecule has 0 unspecified atom stereocenters. The third-order valence-electron chi connectivity index (χ3n) is 4.40. The molecule has 0 aromatic carbocycles. The minimum absolute atomic E-state index is 0.0169. The smallest absolute Gasteiger partial charge is 0.162 e. The topological polar surface area (TPSA) is 34.1 Å². The van der Waals surface area contributed by atoms with Gasteiger partial charge in [0.05, 0.1) is 0 Å². The SMILES string of the molecule is C=C1C[C@]23C[C@H]1C(=O)C[C@H]2CC=CC3=O. The molecule has 2 bridgehead atoms. The molecule has 0 aromatic rings. The van der Waals surface area contributed by atoms with Gasteiger partial charge in [0.25, 0.3) is 0 Å². The standard InChI is InChI=1S/C13H14O2/c1-8-6-13-7-10(8)11(14)5-9(13)3-2-4-12(13)15/h2,4,9-10H,1,3,5-7H2/t9-,10-,13+/m1/s1. The van der Waals surface area contributed by atoms with E-state index < -0.39 is 0 Å². The summed E-state index contributed by atoms with van der Waals surface area (Å²) in [5.74, 6) is 0.769. The fourth-order valence-corrected chi connectivity index (χ4v) is 3.55. The number of carbonyl (C=O) groups excluding carboxylic acids is 2. The molecule has 2 fully saturated rings. The first-order valence-corrected chi connectivity index (χ1v) is 5.55. The predicted molar refractivity (Wildman–Crippen MR) is 56.2 cm³/mol. The monoisotopic (exact) mass is 202 g/mol. The number of allylic oxidation sites excluding steroid dienone is 3. The molecular formula is C13H14O2. The Morgan fingerprint density at radius 1 is 1.40 bits per heavy atom. The molecule has 2 heteroatoms. The zero-order valence-electron chi connectivity index (χ0n) is 8.66. The number of hydrogen-bond donors (Lipinski definition) is 0. The van der Waals surface area contributed by atoms with E-state index >= 15 is 0 Å². The Morgan fingerprint density at radius 2 is 2.20 bits per heavy atom. The van der Waals surface area contributed by atoms with Crippen molar-refractivity contribution in [1.29, 1.82) is 0 Å². The molecule has 15 heavy (non-hydrogen) atoms. The van der Waals surface area contributed by atoms with Gasteiger partial charge in [-0.05, 0) is 31.3 Å². The van der Waals surface area contributed by atoms with E-state index in [-0.39, 0.29) is 23.0 Å². The third-order valence-corrected chi connectivity index (χ3v) is 4.40. The van der Waals surface area contributed by atoms with Crippen LogP contribution in [0.4, 0.5) is 0 Å². The van der Waals surface area contributed by atoms with Crippen molar-refractivity contribution in [3.05, 3.63) is 24.3 Å². The lowest BCUT2D eigenvalue weighted by atomic mass is 9.61. The van der Waals surface area contributed by atoms with E-state index in [2.05, 4.69) is 6.58 Å². The van der Waals surface area contributed by atoms with Crippen molar-refractivity contribution in [2.24, 2.45) is 17.3 Å². The summed E-state index contributed by atoms with van der Waals surface area (Å²) in [6.45, 7) is 3.97. The Morgan fingerprint density at radius 3 is 3.00 bits per heavy atom. The summed E-state index contributed by atoms with van der Waals surface area (Å²) < 4.78 is 0. The Balaban J connectivity index is 2.10. The quantitative estimate of drug-likeness (QED) is 0.563. The maximum absolute atomic E-state index is 12.0. The Kier molecular flexibility index (Phi) is 1.63. The molecule has 3 aliphatic carbocycles. The summed E-state index contributed by atoms with van der Waals surface area (Å²) in [5.41, 5.74) is 0.746. The lowest BCUT2D eigenvalue weighted by molar-refractivity contribution is -0.134. The van der Waals surface area contributed by atoms with Crippen LogP contribution in [0.1, 0.15) is 25.7 Å². The van der Waals surface area contributed by atoms with Gasteiger partial charge in [0.2, 0.25) is 0 Å². The van der Waals surface area contributed by atoms with Crippen LogP contribution in [-0.2, 0) is 9.59 Å². The molecule has 78 valence electrons. The number of rotatable bonds is 0. The van der Waals surface area contributed by atoms with Gasteiger partial charge in [-0.25, -0.2) is 0 Å². The normalized spacial score (nSPS) is 43.3. The first-order chi connectivity index (χ1) is 7.13. The van der Waals surface area contributed by atoms with Gasteiger partial charge in [0.1, 0.15) is 5.78 Å². The molecule has 1 spiro atoms. The lowest BCUT2D eigenvalue weighted by Crippen LogP contribution is -2.42. The second-order valence-corrected chi connectivity index (χ2v) is 5.12. The molecule has 0 N–H and O–H groups in total. The predicted octanol–water partition coefficient (Wildman–Crippen LogP) is 2.06. The largest absolute Gasteiger partial charge is 0.299 e. The number of fused-ring (bicyclic) bond motifs is 1. The Bertz CT molecular complexity index is 405. The third kappa shape index (κ3) is 0.996. The molecule has 3 aliphatic rings. The molecule has 0 radical (unpaired) electrons. The zero-order chi connectivity index (χ0) is 10.6. The Labute approximate surface area is 89.0 Å². The Hall–Kier alpha value is -1.18.